The molecule has 1 aromatic carbocycles. The molecule has 2 fully saturated rings. The zero-order valence-corrected chi connectivity index (χ0v) is 14.6. The van der Waals surface area contributed by atoms with Gasteiger partial charge in [-0.25, -0.2) is 4.79 Å². The fraction of sp³-hybridized carbons (Fsp3) is 0.471. The molecule has 2 amide bonds. The van der Waals surface area contributed by atoms with Gasteiger partial charge in [0.15, 0.2) is 0 Å². The number of benzene rings is 1. The summed E-state index contributed by atoms with van der Waals surface area (Å²) < 4.78 is -0.837. The van der Waals surface area contributed by atoms with Crippen LogP contribution in [-0.2, 0) is 20.8 Å². The van der Waals surface area contributed by atoms with Gasteiger partial charge < -0.3 is 10.4 Å². The SMILES string of the molecule is C[C@@H]1C(=O)N2[C@@H]1SC(C)(C)[C@]2(NC(=O)Cc1ccccc1)C(=O)O. The van der Waals surface area contributed by atoms with E-state index in [0.29, 0.717) is 0 Å². The topological polar surface area (TPSA) is 86.7 Å². The van der Waals surface area contributed by atoms with Crippen LogP contribution < -0.4 is 5.32 Å². The van der Waals surface area contributed by atoms with Gasteiger partial charge in [0.2, 0.25) is 17.5 Å². The third-order valence-electron chi connectivity index (χ3n) is 4.79. The van der Waals surface area contributed by atoms with E-state index in [9.17, 15) is 19.5 Å². The van der Waals surface area contributed by atoms with Crippen LogP contribution in [-0.4, -0.2) is 43.6 Å². The molecule has 2 aliphatic heterocycles. The van der Waals surface area contributed by atoms with Crippen LogP contribution in [0.3, 0.4) is 0 Å². The van der Waals surface area contributed by atoms with Gasteiger partial charge in [0.25, 0.3) is 0 Å². The number of amides is 2. The maximum absolute atomic E-state index is 12.5. The first-order chi connectivity index (χ1) is 11.2. The number of fused-ring (bicyclic) bond motifs is 1. The number of carboxylic acids is 1. The number of aliphatic carboxylic acids is 1. The summed E-state index contributed by atoms with van der Waals surface area (Å²) in [6.45, 7) is 5.30. The smallest absolute Gasteiger partial charge is 0.352 e. The highest BCUT2D eigenvalue weighted by Crippen LogP contribution is 2.57. The van der Waals surface area contributed by atoms with Crippen molar-refractivity contribution in [2.45, 2.75) is 43.0 Å². The number of hydrogen-bond donors (Lipinski definition) is 2. The number of β-lactam (4-membered cyclic amide) rings is 1. The fourth-order valence-electron chi connectivity index (χ4n) is 3.45. The molecule has 2 saturated heterocycles. The zero-order valence-electron chi connectivity index (χ0n) is 13.8. The molecule has 24 heavy (non-hydrogen) atoms. The number of nitrogens with zero attached hydrogens (tertiary/aromatic N) is 1. The van der Waals surface area contributed by atoms with Crippen LogP contribution in [0.25, 0.3) is 0 Å². The van der Waals surface area contributed by atoms with Gasteiger partial charge in [0.05, 0.1) is 22.5 Å². The average Bonchev–Trinajstić information content (AvgIpc) is 2.74. The minimum absolute atomic E-state index is 0.0683. The van der Waals surface area contributed by atoms with E-state index in [2.05, 4.69) is 5.32 Å². The Balaban J connectivity index is 1.90. The number of carboxylic acid groups (broad SMARTS) is 1. The van der Waals surface area contributed by atoms with Crippen LogP contribution in [0.1, 0.15) is 26.3 Å². The van der Waals surface area contributed by atoms with E-state index < -0.39 is 22.3 Å². The standard InChI is InChI=1S/C17H20N2O4S/c1-10-13(21)19-14(10)24-16(2,3)17(19,15(22)23)18-12(20)9-11-7-5-4-6-8-11/h4-8,10,14H,9H2,1-3H3,(H,18,20)(H,22,23)/t10-,14-,17+/m1/s1. The second-order valence-corrected chi connectivity index (χ2v) is 8.48. The van der Waals surface area contributed by atoms with Gasteiger partial charge in [0, 0.05) is 0 Å². The number of hydrogen-bond acceptors (Lipinski definition) is 4. The summed E-state index contributed by atoms with van der Waals surface area (Å²) >= 11 is 1.42. The Morgan fingerprint density at radius 3 is 2.50 bits per heavy atom. The van der Waals surface area contributed by atoms with Gasteiger partial charge >= 0.3 is 5.97 Å². The quantitative estimate of drug-likeness (QED) is 0.805. The van der Waals surface area contributed by atoms with Gasteiger partial charge in [-0.15, -0.1) is 11.8 Å². The molecule has 0 aromatic heterocycles. The van der Waals surface area contributed by atoms with E-state index >= 15 is 0 Å². The molecule has 2 N–H and O–H groups in total. The number of rotatable bonds is 4. The van der Waals surface area contributed by atoms with Crippen molar-refractivity contribution >= 4 is 29.5 Å². The van der Waals surface area contributed by atoms with E-state index in [4.69, 9.17) is 0 Å². The van der Waals surface area contributed by atoms with E-state index in [1.165, 1.54) is 16.7 Å². The summed E-state index contributed by atoms with van der Waals surface area (Å²) in [5, 5.41) is 12.4. The third kappa shape index (κ3) is 2.22. The molecule has 3 rings (SSSR count). The summed E-state index contributed by atoms with van der Waals surface area (Å²) in [7, 11) is 0. The van der Waals surface area contributed by atoms with Gasteiger partial charge in [-0.05, 0) is 19.4 Å². The maximum atomic E-state index is 12.5. The van der Waals surface area contributed by atoms with Crippen molar-refractivity contribution in [2.24, 2.45) is 5.92 Å². The Hall–Kier alpha value is -2.02. The lowest BCUT2D eigenvalue weighted by atomic mass is 9.86. The molecular formula is C17H20N2O4S. The lowest BCUT2D eigenvalue weighted by Gasteiger charge is -2.49. The highest BCUT2D eigenvalue weighted by molar-refractivity contribution is 8.01. The van der Waals surface area contributed by atoms with Crippen molar-refractivity contribution in [3.05, 3.63) is 35.9 Å². The van der Waals surface area contributed by atoms with Crippen LogP contribution >= 0.6 is 11.8 Å². The lowest BCUT2D eigenvalue weighted by molar-refractivity contribution is -0.178. The molecule has 1 aromatic rings. The Labute approximate surface area is 144 Å². The molecule has 2 heterocycles. The Morgan fingerprint density at radius 2 is 1.92 bits per heavy atom. The van der Waals surface area contributed by atoms with Gasteiger partial charge in [-0.1, -0.05) is 37.3 Å². The van der Waals surface area contributed by atoms with Crippen LogP contribution in [0.2, 0.25) is 0 Å². The lowest BCUT2D eigenvalue weighted by Crippen LogP contribution is -2.76. The predicted molar refractivity (Wildman–Crippen MR) is 90.1 cm³/mol. The third-order valence-corrected chi connectivity index (χ3v) is 6.54. The van der Waals surface area contributed by atoms with Crippen molar-refractivity contribution in [3.63, 3.8) is 0 Å². The van der Waals surface area contributed by atoms with E-state index in [0.717, 1.165) is 5.56 Å². The number of carbonyl (C=O) groups is 3. The van der Waals surface area contributed by atoms with Crippen molar-refractivity contribution in [2.75, 3.05) is 0 Å². The summed E-state index contributed by atoms with van der Waals surface area (Å²) in [6, 6.07) is 9.10. The van der Waals surface area contributed by atoms with Gasteiger partial charge in [-0.3, -0.25) is 14.5 Å². The molecule has 0 unspecified atom stereocenters. The minimum Gasteiger partial charge on any atom is -0.478 e. The molecule has 0 bridgehead atoms. The highest BCUT2D eigenvalue weighted by atomic mass is 32.2. The van der Waals surface area contributed by atoms with Crippen molar-refractivity contribution in [1.82, 2.24) is 10.2 Å². The van der Waals surface area contributed by atoms with Crippen LogP contribution in [0.4, 0.5) is 0 Å². The second kappa shape index (κ2) is 5.51. The van der Waals surface area contributed by atoms with Crippen molar-refractivity contribution in [1.29, 1.82) is 0 Å². The fourth-order valence-corrected chi connectivity index (χ4v) is 5.15. The highest BCUT2D eigenvalue weighted by Gasteiger charge is 2.72. The van der Waals surface area contributed by atoms with Crippen molar-refractivity contribution in [3.8, 4) is 0 Å². The first-order valence-corrected chi connectivity index (χ1v) is 8.68. The molecule has 0 spiro atoms. The van der Waals surface area contributed by atoms with Gasteiger partial charge in [-0.2, -0.15) is 0 Å². The Bertz CT molecular complexity index is 706. The summed E-state index contributed by atoms with van der Waals surface area (Å²) in [5.74, 6) is -2.09. The molecule has 6 nitrogen and oxygen atoms in total. The summed E-state index contributed by atoms with van der Waals surface area (Å²) in [4.78, 5) is 38.3. The molecular weight excluding hydrogens is 328 g/mol. The van der Waals surface area contributed by atoms with Gasteiger partial charge in [0.1, 0.15) is 0 Å². The largest absolute Gasteiger partial charge is 0.478 e. The van der Waals surface area contributed by atoms with E-state index in [-0.39, 0.29) is 23.6 Å². The van der Waals surface area contributed by atoms with Crippen LogP contribution in [0.5, 0.6) is 0 Å². The predicted octanol–water partition coefficient (Wildman–Crippen LogP) is 1.46. The molecule has 7 heteroatoms. The minimum atomic E-state index is -1.72. The summed E-state index contributed by atoms with van der Waals surface area (Å²) in [6.07, 6.45) is 0.0683. The number of nitrogens with one attached hydrogen (secondary N) is 1. The van der Waals surface area contributed by atoms with E-state index in [1.54, 1.807) is 32.9 Å². The van der Waals surface area contributed by atoms with Crippen LogP contribution in [0, 0.1) is 5.92 Å². The molecule has 3 atom stereocenters. The van der Waals surface area contributed by atoms with Crippen LogP contribution in [0.15, 0.2) is 30.3 Å². The Kier molecular flexibility index (Phi) is 3.86. The monoisotopic (exact) mass is 348 g/mol. The normalized spacial score (nSPS) is 30.5. The van der Waals surface area contributed by atoms with Crippen molar-refractivity contribution < 1.29 is 19.5 Å². The van der Waals surface area contributed by atoms with E-state index in [1.807, 2.05) is 18.2 Å². The molecule has 2 aliphatic rings. The maximum Gasteiger partial charge on any atom is 0.352 e. The molecule has 0 saturated carbocycles. The molecule has 0 radical (unpaired) electrons. The first kappa shape index (κ1) is 16.8. The average molecular weight is 348 g/mol. The molecule has 128 valence electrons. The first-order valence-electron chi connectivity index (χ1n) is 7.80. The molecule has 0 aliphatic carbocycles. The second-order valence-electron chi connectivity index (χ2n) is 6.74. The number of thioether (sulfide) groups is 1. The zero-order chi connectivity index (χ0) is 17.7. The Morgan fingerprint density at radius 1 is 1.29 bits per heavy atom. The number of carbonyl (C=O) groups excluding carboxylic acids is 2. The summed E-state index contributed by atoms with van der Waals surface area (Å²) in [5.41, 5.74) is -0.934.